The average Bonchev–Trinajstić information content (AvgIpc) is 3.12. The fourth-order valence-electron chi connectivity index (χ4n) is 4.07. The van der Waals surface area contributed by atoms with E-state index >= 15 is 0 Å². The molecule has 0 aliphatic carbocycles. The lowest BCUT2D eigenvalue weighted by molar-refractivity contribution is 0.349. The van der Waals surface area contributed by atoms with Crippen molar-refractivity contribution < 1.29 is 4.39 Å². The van der Waals surface area contributed by atoms with Crippen LogP contribution in [0.15, 0.2) is 59.5 Å². The van der Waals surface area contributed by atoms with Gasteiger partial charge in [-0.3, -0.25) is 9.36 Å². The highest BCUT2D eigenvalue weighted by Gasteiger charge is 2.23. The minimum atomic E-state index is -0.206. The molecule has 0 saturated carbocycles. The summed E-state index contributed by atoms with van der Waals surface area (Å²) in [5.74, 6) is 0.590. The van der Waals surface area contributed by atoms with Gasteiger partial charge in [-0.25, -0.2) is 9.37 Å². The number of fused-ring (bicyclic) bond motifs is 2. The van der Waals surface area contributed by atoms with Gasteiger partial charge in [-0.1, -0.05) is 12.1 Å². The molecule has 6 heteroatoms. The normalized spacial score (nSPS) is 18.1. The van der Waals surface area contributed by atoms with E-state index in [9.17, 15) is 9.18 Å². The molecule has 3 heterocycles. The van der Waals surface area contributed by atoms with Crippen LogP contribution in [0.25, 0.3) is 16.5 Å². The molecule has 2 aromatic carbocycles. The van der Waals surface area contributed by atoms with Crippen molar-refractivity contribution in [1.82, 2.24) is 14.5 Å². The third kappa shape index (κ3) is 2.95. The minimum Gasteiger partial charge on any atom is -0.373 e. The van der Waals surface area contributed by atoms with Gasteiger partial charge in [-0.2, -0.15) is 0 Å². The molecule has 0 spiro atoms. The third-order valence-corrected chi connectivity index (χ3v) is 5.60. The monoisotopic (exact) mass is 376 g/mol. The fourth-order valence-corrected chi connectivity index (χ4v) is 4.07. The van der Waals surface area contributed by atoms with Crippen LogP contribution in [-0.2, 0) is 6.54 Å². The molecule has 5 nitrogen and oxygen atoms in total. The van der Waals surface area contributed by atoms with E-state index in [1.165, 1.54) is 12.1 Å². The number of anilines is 1. The van der Waals surface area contributed by atoms with Crippen molar-refractivity contribution in [2.24, 2.45) is 0 Å². The Morgan fingerprint density at radius 3 is 2.46 bits per heavy atom. The Labute approximate surface area is 162 Å². The van der Waals surface area contributed by atoms with Crippen LogP contribution in [-0.4, -0.2) is 40.6 Å². The Bertz CT molecular complexity index is 1110. The number of benzene rings is 2. The Hall–Kier alpha value is -3.15. The predicted molar refractivity (Wildman–Crippen MR) is 109 cm³/mol. The molecule has 0 bridgehead atoms. The van der Waals surface area contributed by atoms with E-state index in [1.807, 2.05) is 36.4 Å². The number of halogens is 1. The maximum absolute atomic E-state index is 13.1. The van der Waals surface area contributed by atoms with E-state index in [2.05, 4.69) is 16.0 Å². The van der Waals surface area contributed by atoms with Crippen LogP contribution in [0.4, 0.5) is 10.1 Å². The van der Waals surface area contributed by atoms with Gasteiger partial charge < -0.3 is 9.80 Å². The first-order chi connectivity index (χ1) is 13.7. The van der Waals surface area contributed by atoms with Crippen molar-refractivity contribution in [3.8, 4) is 0 Å². The molecule has 1 saturated heterocycles. The number of aromatic nitrogens is 2. The Balaban J connectivity index is 1.36. The summed E-state index contributed by atoms with van der Waals surface area (Å²) in [5.41, 5.74) is 2.98. The third-order valence-electron chi connectivity index (χ3n) is 5.60. The molecule has 28 heavy (non-hydrogen) atoms. The van der Waals surface area contributed by atoms with Gasteiger partial charge in [0.15, 0.2) is 0 Å². The maximum atomic E-state index is 13.1. The number of allylic oxidation sites excluding steroid dienone is 1. The predicted octanol–water partition coefficient (Wildman–Crippen LogP) is 3.10. The molecule has 1 fully saturated rings. The largest absolute Gasteiger partial charge is 0.373 e. The van der Waals surface area contributed by atoms with Crippen LogP contribution in [0, 0.1) is 5.82 Å². The second kappa shape index (κ2) is 6.78. The van der Waals surface area contributed by atoms with Crippen molar-refractivity contribution in [1.29, 1.82) is 0 Å². The van der Waals surface area contributed by atoms with E-state index in [0.29, 0.717) is 11.9 Å². The first-order valence-corrected chi connectivity index (χ1v) is 9.64. The van der Waals surface area contributed by atoms with E-state index in [1.54, 1.807) is 4.57 Å². The van der Waals surface area contributed by atoms with Gasteiger partial charge in [-0.15, -0.1) is 0 Å². The molecule has 142 valence electrons. The summed E-state index contributed by atoms with van der Waals surface area (Å²) in [6.45, 7) is 4.23. The van der Waals surface area contributed by atoms with Crippen molar-refractivity contribution in [3.63, 3.8) is 0 Å². The Kier molecular flexibility index (Phi) is 4.11. The fraction of sp³-hybridized carbons (Fsp3) is 0.273. The smallest absolute Gasteiger partial charge is 0.261 e. The van der Waals surface area contributed by atoms with Crippen molar-refractivity contribution in [3.05, 3.63) is 76.7 Å². The van der Waals surface area contributed by atoms with Crippen molar-refractivity contribution in [2.45, 2.75) is 13.0 Å². The zero-order chi connectivity index (χ0) is 19.1. The van der Waals surface area contributed by atoms with E-state index in [-0.39, 0.29) is 11.4 Å². The lowest BCUT2D eigenvalue weighted by Gasteiger charge is -2.35. The quantitative estimate of drug-likeness (QED) is 0.689. The molecule has 5 rings (SSSR count). The van der Waals surface area contributed by atoms with Gasteiger partial charge in [0.05, 0.1) is 10.9 Å². The molecule has 2 aliphatic heterocycles. The molecule has 2 aliphatic rings. The summed E-state index contributed by atoms with van der Waals surface area (Å²) >= 11 is 0. The van der Waals surface area contributed by atoms with Gasteiger partial charge in [-0.05, 0) is 42.8 Å². The van der Waals surface area contributed by atoms with Crippen LogP contribution in [0.3, 0.4) is 0 Å². The number of hydrogen-bond donors (Lipinski definition) is 0. The standard InChI is InChI=1S/C22H21FN4O/c23-17-5-7-18(8-6-17)26-13-11-25(12-14-26)15-16-9-10-27-21(16)24-20-4-2-1-3-19(20)22(27)28/h1-8,15H,9-14H2. The number of nitrogens with zero attached hydrogens (tertiary/aromatic N) is 4. The first kappa shape index (κ1) is 17.0. The van der Waals surface area contributed by atoms with Crippen molar-refractivity contribution in [2.75, 3.05) is 31.1 Å². The molecule has 0 N–H and O–H groups in total. The van der Waals surface area contributed by atoms with Crippen LogP contribution in [0.5, 0.6) is 0 Å². The highest BCUT2D eigenvalue weighted by molar-refractivity contribution is 5.79. The molecular weight excluding hydrogens is 355 g/mol. The number of piperazine rings is 1. The summed E-state index contributed by atoms with van der Waals surface area (Å²) in [7, 11) is 0. The van der Waals surface area contributed by atoms with E-state index in [0.717, 1.165) is 55.2 Å². The first-order valence-electron chi connectivity index (χ1n) is 9.64. The summed E-state index contributed by atoms with van der Waals surface area (Å²) in [4.78, 5) is 22.1. The van der Waals surface area contributed by atoms with E-state index in [4.69, 9.17) is 4.98 Å². The maximum Gasteiger partial charge on any atom is 0.261 e. The molecular formula is C22H21FN4O. The summed E-state index contributed by atoms with van der Waals surface area (Å²) in [6, 6.07) is 14.2. The van der Waals surface area contributed by atoms with Gasteiger partial charge in [0, 0.05) is 50.2 Å². The van der Waals surface area contributed by atoms with Gasteiger partial charge in [0.1, 0.15) is 11.6 Å². The average molecular weight is 376 g/mol. The molecule has 0 radical (unpaired) electrons. The second-order valence-corrected chi connectivity index (χ2v) is 7.31. The highest BCUT2D eigenvalue weighted by Crippen LogP contribution is 2.26. The SMILES string of the molecule is O=c1c2ccccc2nc2n1CCC2=CN1CCN(c2ccc(F)cc2)CC1. The number of rotatable bonds is 2. The zero-order valence-corrected chi connectivity index (χ0v) is 15.5. The number of para-hydroxylation sites is 1. The van der Waals surface area contributed by atoms with E-state index < -0.39 is 0 Å². The summed E-state index contributed by atoms with van der Waals surface area (Å²) in [5, 5.41) is 0.681. The Morgan fingerprint density at radius 2 is 1.68 bits per heavy atom. The van der Waals surface area contributed by atoms with Crippen LogP contribution in [0.1, 0.15) is 12.2 Å². The van der Waals surface area contributed by atoms with Gasteiger partial charge in [0.2, 0.25) is 0 Å². The second-order valence-electron chi connectivity index (χ2n) is 7.31. The highest BCUT2D eigenvalue weighted by atomic mass is 19.1. The molecule has 0 unspecified atom stereocenters. The zero-order valence-electron chi connectivity index (χ0n) is 15.5. The molecule has 0 atom stereocenters. The lowest BCUT2D eigenvalue weighted by Crippen LogP contribution is -2.44. The molecule has 1 aromatic heterocycles. The topological polar surface area (TPSA) is 41.4 Å². The minimum absolute atomic E-state index is 0.0464. The number of hydrogen-bond acceptors (Lipinski definition) is 4. The van der Waals surface area contributed by atoms with Crippen molar-refractivity contribution >= 4 is 22.2 Å². The van der Waals surface area contributed by atoms with Gasteiger partial charge >= 0.3 is 0 Å². The van der Waals surface area contributed by atoms with Gasteiger partial charge in [0.25, 0.3) is 5.56 Å². The molecule has 3 aromatic rings. The Morgan fingerprint density at radius 1 is 0.929 bits per heavy atom. The molecule has 0 amide bonds. The van der Waals surface area contributed by atoms with Crippen LogP contribution >= 0.6 is 0 Å². The summed E-state index contributed by atoms with van der Waals surface area (Å²) < 4.78 is 14.9. The van der Waals surface area contributed by atoms with Crippen LogP contribution in [0.2, 0.25) is 0 Å². The van der Waals surface area contributed by atoms with Crippen LogP contribution < -0.4 is 10.5 Å². The lowest BCUT2D eigenvalue weighted by atomic mass is 10.2. The summed E-state index contributed by atoms with van der Waals surface area (Å²) in [6.07, 6.45) is 3.00.